The predicted molar refractivity (Wildman–Crippen MR) is 261 cm³/mol. The van der Waals surface area contributed by atoms with Gasteiger partial charge in [-0.2, -0.15) is 0 Å². The highest BCUT2D eigenvalue weighted by Crippen LogP contribution is 2.26. The van der Waals surface area contributed by atoms with E-state index in [2.05, 4.69) is 127 Å². The first-order valence-electron chi connectivity index (χ1n) is 26.4. The fraction of sp³-hybridized carbons (Fsp3) is 0.833. The van der Waals surface area contributed by atoms with Gasteiger partial charge in [0.2, 0.25) is 0 Å². The summed E-state index contributed by atoms with van der Waals surface area (Å²) in [7, 11) is -4.64. The van der Waals surface area contributed by atoms with Gasteiger partial charge in [-0.25, -0.2) is 4.57 Å². The van der Waals surface area contributed by atoms with Crippen molar-refractivity contribution >= 4 is 7.82 Å². The third-order valence-electron chi connectivity index (χ3n) is 10.4. The topological polar surface area (TPSA) is 262 Å². The average Bonchev–Trinajstić information content (AvgIpc) is 3.37. The minimum Gasteiger partial charge on any atom is -0.315 e. The van der Waals surface area contributed by atoms with E-state index >= 15 is 0 Å². The Bertz CT molecular complexity index is 1040. The van der Waals surface area contributed by atoms with Crippen LogP contribution in [0.25, 0.3) is 0 Å². The van der Waals surface area contributed by atoms with E-state index in [1.54, 1.807) is 0 Å². The second-order valence-corrected chi connectivity index (χ2v) is 17.7. The van der Waals surface area contributed by atoms with E-state index in [1.165, 1.54) is 231 Å². The van der Waals surface area contributed by atoms with Gasteiger partial charge in [0.25, 0.3) is 0 Å². The highest BCUT2D eigenvalue weighted by Gasteiger charge is 2.01. The molecule has 0 atom stereocenters. The highest BCUT2D eigenvalue weighted by atomic mass is 31.2. The lowest BCUT2D eigenvalue weighted by atomic mass is 10.0. The summed E-state index contributed by atoms with van der Waals surface area (Å²) in [5, 5.41) is 61.8. The van der Waals surface area contributed by atoms with Crippen LogP contribution in [0.5, 0.6) is 0 Å². The van der Waals surface area contributed by atoms with Gasteiger partial charge in [0.1, 0.15) is 25.0 Å². The van der Waals surface area contributed by atoms with E-state index in [4.69, 9.17) is 19.2 Å². The minimum atomic E-state index is -4.64. The van der Waals surface area contributed by atoms with E-state index in [9.17, 15) is 0 Å². The van der Waals surface area contributed by atoms with Crippen molar-refractivity contribution in [1.29, 1.82) is 0 Å². The Balaban J connectivity index is -0.00000123. The first-order chi connectivity index (χ1) is 35.8. The Labute approximate surface area is 434 Å². The zero-order valence-corrected chi connectivity index (χ0v) is 45.0. The van der Waals surface area contributed by atoms with Gasteiger partial charge in [-0.3, -0.25) is 0 Å². The molecule has 0 aliphatic rings. The zero-order chi connectivity index (χ0) is 53.8. The van der Waals surface area contributed by atoms with Crippen LogP contribution in [0, 0.1) is 0 Å². The lowest BCUT2D eigenvalue weighted by molar-refractivity contribution is -0.841. The van der Waals surface area contributed by atoms with E-state index in [1.807, 2.05) is 12.2 Å². The van der Waals surface area contributed by atoms with Crippen molar-refractivity contribution in [3.8, 4) is 0 Å². The molecule has 0 radical (unpaired) electrons. The molecule has 0 bridgehead atoms. The Morgan fingerprint density at radius 2 is 0.452 bits per heavy atom. The minimum absolute atomic E-state index is 0.889. The Morgan fingerprint density at radius 3 is 0.644 bits per heavy atom. The lowest BCUT2D eigenvalue weighted by Crippen LogP contribution is -2.01. The maximum Gasteiger partial charge on any atom is 0.466 e. The van der Waals surface area contributed by atoms with E-state index in [0.717, 1.165) is 38.2 Å². The molecular weight excluding hydrogens is 991 g/mol. The summed E-state index contributed by atoms with van der Waals surface area (Å²) in [5.41, 5.74) is 0. The number of allylic oxidation sites excluding steroid dienone is 2. The molecule has 0 fully saturated rings. The molecule has 25 heteroatoms. The maximum absolute atomic E-state index is 8.88. The van der Waals surface area contributed by atoms with Crippen LogP contribution in [0.4, 0.5) is 0 Å². The standard InChI is InChI=1S/2C24H46O10.H3O4P/c2*1-3-5-6-7-8-9-10-11-12-13-14-15-16-17-18-19-20-21-22-23-24-26-28-30-32-34-33-31-29-27-25-4-2;1-5(2,3)4/h2*4,23-24H,2-3,5-22H2,1H3;(H3,1,2,3,4). The summed E-state index contributed by atoms with van der Waals surface area (Å²) in [5.74, 6) is 0. The molecule has 0 heterocycles. The van der Waals surface area contributed by atoms with Gasteiger partial charge in [-0.1, -0.05) is 245 Å². The largest absolute Gasteiger partial charge is 0.466 e. The van der Waals surface area contributed by atoms with E-state index < -0.39 is 7.82 Å². The van der Waals surface area contributed by atoms with Gasteiger partial charge < -0.3 is 34.2 Å². The van der Waals surface area contributed by atoms with Crippen molar-refractivity contribution in [2.45, 2.75) is 258 Å². The first kappa shape index (κ1) is 74.9. The summed E-state index contributed by atoms with van der Waals surface area (Å²) >= 11 is 0. The van der Waals surface area contributed by atoms with Gasteiger partial charge >= 0.3 is 7.82 Å². The highest BCUT2D eigenvalue weighted by molar-refractivity contribution is 7.45. The average molecular weight is 1090 g/mol. The molecule has 0 aromatic heterocycles. The molecule has 0 amide bonds. The molecule has 24 nitrogen and oxygen atoms in total. The molecule has 0 rings (SSSR count). The van der Waals surface area contributed by atoms with Gasteiger partial charge in [0, 0.05) is 80.6 Å². The van der Waals surface area contributed by atoms with Crippen molar-refractivity contribution in [3.63, 3.8) is 0 Å². The fourth-order valence-corrected chi connectivity index (χ4v) is 6.84. The second kappa shape index (κ2) is 71.7. The van der Waals surface area contributed by atoms with Gasteiger partial charge in [0.05, 0.1) is 0 Å². The van der Waals surface area contributed by atoms with E-state index in [-0.39, 0.29) is 0 Å². The molecule has 0 spiro atoms. The summed E-state index contributed by atoms with van der Waals surface area (Å²) in [6.45, 7) is 10.9. The van der Waals surface area contributed by atoms with Crippen LogP contribution < -0.4 is 0 Å². The molecule has 0 aliphatic heterocycles. The predicted octanol–water partition coefficient (Wildman–Crippen LogP) is 16.0. The molecule has 0 saturated heterocycles. The van der Waals surface area contributed by atoms with Gasteiger partial charge in [0.15, 0.2) is 0 Å². The molecular formula is C48H95O24P. The molecule has 3 N–H and O–H groups in total. The van der Waals surface area contributed by atoms with Crippen LogP contribution in [0.3, 0.4) is 0 Å². The number of hydrogen-bond donors (Lipinski definition) is 3. The number of hydrogen-bond acceptors (Lipinski definition) is 21. The molecule has 436 valence electrons. The molecule has 0 aromatic rings. The molecule has 0 aromatic carbocycles. The number of rotatable bonds is 60. The van der Waals surface area contributed by atoms with Crippen LogP contribution in [0.2, 0.25) is 0 Å². The van der Waals surface area contributed by atoms with Crippen molar-refractivity contribution in [1.82, 2.24) is 0 Å². The van der Waals surface area contributed by atoms with Crippen LogP contribution in [-0.4, -0.2) is 14.7 Å². The summed E-state index contributed by atoms with van der Waals surface area (Å²) in [6, 6.07) is 0. The fourth-order valence-electron chi connectivity index (χ4n) is 6.84. The zero-order valence-electron chi connectivity index (χ0n) is 44.1. The third-order valence-corrected chi connectivity index (χ3v) is 10.4. The quantitative estimate of drug-likeness (QED) is 0.0168. The van der Waals surface area contributed by atoms with Crippen molar-refractivity contribution < 1.29 is 119 Å². The molecule has 0 aliphatic carbocycles. The van der Waals surface area contributed by atoms with Crippen molar-refractivity contribution in [2.75, 3.05) is 0 Å². The number of phosphoric acid groups is 1. The van der Waals surface area contributed by atoms with Crippen molar-refractivity contribution in [3.05, 3.63) is 50.4 Å². The van der Waals surface area contributed by atoms with Crippen LogP contribution in [0.1, 0.15) is 258 Å². The summed E-state index contributed by atoms with van der Waals surface area (Å²) in [6.07, 6.45) is 59.1. The third kappa shape index (κ3) is 89.6. The molecule has 0 saturated carbocycles. The van der Waals surface area contributed by atoms with Gasteiger partial charge in [-0.15, -0.1) is 0 Å². The smallest absolute Gasteiger partial charge is 0.315 e. The maximum atomic E-state index is 8.88. The van der Waals surface area contributed by atoms with Gasteiger partial charge in [-0.05, 0) is 37.8 Å². The summed E-state index contributed by atoms with van der Waals surface area (Å²) in [4.78, 5) is 38.7. The second-order valence-electron chi connectivity index (χ2n) is 16.7. The van der Waals surface area contributed by atoms with Crippen LogP contribution in [0.15, 0.2) is 50.4 Å². The number of unbranched alkanes of at least 4 members (excludes halogenated alkanes) is 36. The van der Waals surface area contributed by atoms with Crippen LogP contribution in [-0.2, 0) is 105 Å². The van der Waals surface area contributed by atoms with Crippen molar-refractivity contribution in [2.24, 2.45) is 0 Å². The van der Waals surface area contributed by atoms with Crippen LogP contribution >= 0.6 is 7.82 Å². The lowest BCUT2D eigenvalue weighted by Gasteiger charge is -2.03. The monoisotopic (exact) mass is 1090 g/mol. The first-order valence-corrected chi connectivity index (χ1v) is 28.0. The molecule has 73 heavy (non-hydrogen) atoms. The normalized spacial score (nSPS) is 11.4. The Hall–Kier alpha value is -2.37. The Morgan fingerprint density at radius 1 is 0.288 bits per heavy atom. The molecule has 0 unspecified atom stereocenters. The Kier molecular flexibility index (Phi) is 73.5. The SMILES string of the molecule is C=COOOOOOOOOOC=CCCCCCCCCCCCCCCCCCCCC.C=COOOOOOOOOOC=CCCCCCCCCCCCCCCCCCCCC.O=P(O)(O)O. The summed E-state index contributed by atoms with van der Waals surface area (Å²) < 4.78 is 8.88. The van der Waals surface area contributed by atoms with E-state index in [0.29, 0.717) is 0 Å².